The smallest absolute Gasteiger partial charge is 0.337 e. The summed E-state index contributed by atoms with van der Waals surface area (Å²) in [5, 5.41) is 11.4. The molecule has 2 atom stereocenters. The van der Waals surface area contributed by atoms with Gasteiger partial charge in [-0.15, -0.1) is 0 Å². The highest BCUT2D eigenvalue weighted by molar-refractivity contribution is 6.02. The first-order chi connectivity index (χ1) is 8.99. The van der Waals surface area contributed by atoms with Gasteiger partial charge in [0.05, 0.1) is 11.3 Å². The monoisotopic (exact) mass is 267 g/mol. The number of carbonyl (C=O) groups excluding carboxylic acids is 1. The van der Waals surface area contributed by atoms with Crippen LogP contribution in [-0.4, -0.2) is 29.7 Å². The number of halogens is 1. The van der Waals surface area contributed by atoms with Crippen LogP contribution < -0.4 is 5.32 Å². The maximum Gasteiger partial charge on any atom is 0.337 e. The molecule has 2 rings (SSSR count). The fourth-order valence-electron chi connectivity index (χ4n) is 2.04. The van der Waals surface area contributed by atoms with E-state index in [-0.39, 0.29) is 17.2 Å². The molecule has 0 radical (unpaired) electrons. The van der Waals surface area contributed by atoms with Crippen molar-refractivity contribution in [3.8, 4) is 0 Å². The van der Waals surface area contributed by atoms with Gasteiger partial charge in [0.1, 0.15) is 11.9 Å². The average Bonchev–Trinajstić information content (AvgIpc) is 2.75. The number of carboxylic acids is 1. The summed E-state index contributed by atoms with van der Waals surface area (Å²) in [5.41, 5.74) is -0.208. The number of aromatic carboxylic acids is 1. The van der Waals surface area contributed by atoms with E-state index in [2.05, 4.69) is 5.32 Å². The Hall–Kier alpha value is -1.95. The van der Waals surface area contributed by atoms with Crippen molar-refractivity contribution in [3.05, 3.63) is 29.6 Å². The summed E-state index contributed by atoms with van der Waals surface area (Å²) in [4.78, 5) is 23.0. The Kier molecular flexibility index (Phi) is 3.80. The van der Waals surface area contributed by atoms with E-state index in [1.807, 2.05) is 6.92 Å². The van der Waals surface area contributed by atoms with Crippen LogP contribution in [0, 0.1) is 11.7 Å². The van der Waals surface area contributed by atoms with E-state index in [4.69, 9.17) is 9.84 Å². The van der Waals surface area contributed by atoms with Crippen LogP contribution in [-0.2, 0) is 9.53 Å². The van der Waals surface area contributed by atoms with E-state index < -0.39 is 23.8 Å². The van der Waals surface area contributed by atoms with Crippen LogP contribution in [0.15, 0.2) is 18.2 Å². The molecule has 1 aliphatic rings. The molecule has 1 aromatic carbocycles. The first-order valence-corrected chi connectivity index (χ1v) is 5.94. The minimum atomic E-state index is -1.23. The third-order valence-electron chi connectivity index (χ3n) is 3.12. The van der Waals surface area contributed by atoms with Crippen molar-refractivity contribution in [3.63, 3.8) is 0 Å². The zero-order valence-corrected chi connectivity index (χ0v) is 10.4. The highest BCUT2D eigenvalue weighted by Gasteiger charge is 2.31. The second kappa shape index (κ2) is 5.36. The number of carbonyl (C=O) groups is 2. The fraction of sp³-hybridized carbons (Fsp3) is 0.385. The summed E-state index contributed by atoms with van der Waals surface area (Å²) in [6.07, 6.45) is 0.150. The summed E-state index contributed by atoms with van der Waals surface area (Å²) < 4.78 is 18.4. The molecular weight excluding hydrogens is 253 g/mol. The number of hydrogen-bond donors (Lipinski definition) is 2. The zero-order valence-electron chi connectivity index (χ0n) is 10.4. The molecule has 1 saturated heterocycles. The lowest BCUT2D eigenvalue weighted by molar-refractivity contribution is -0.126. The number of rotatable bonds is 3. The van der Waals surface area contributed by atoms with Crippen LogP contribution >= 0.6 is 0 Å². The Morgan fingerprint density at radius 2 is 2.21 bits per heavy atom. The van der Waals surface area contributed by atoms with E-state index in [1.54, 1.807) is 0 Å². The normalized spacial score (nSPS) is 22.2. The van der Waals surface area contributed by atoms with E-state index in [1.165, 1.54) is 0 Å². The van der Waals surface area contributed by atoms with E-state index in [9.17, 15) is 14.0 Å². The van der Waals surface area contributed by atoms with Crippen molar-refractivity contribution >= 4 is 17.6 Å². The van der Waals surface area contributed by atoms with Gasteiger partial charge < -0.3 is 15.2 Å². The van der Waals surface area contributed by atoms with E-state index >= 15 is 0 Å². The third kappa shape index (κ3) is 2.90. The van der Waals surface area contributed by atoms with Gasteiger partial charge in [0.25, 0.3) is 5.91 Å². The van der Waals surface area contributed by atoms with E-state index in [0.29, 0.717) is 6.61 Å². The maximum atomic E-state index is 13.1. The largest absolute Gasteiger partial charge is 0.478 e. The Balaban J connectivity index is 2.20. The summed E-state index contributed by atoms with van der Waals surface area (Å²) in [5.74, 6) is -2.23. The van der Waals surface area contributed by atoms with Gasteiger partial charge in [0.2, 0.25) is 0 Å². The van der Waals surface area contributed by atoms with Gasteiger partial charge in [-0.1, -0.05) is 6.92 Å². The zero-order chi connectivity index (χ0) is 14.0. The Labute approximate surface area is 109 Å². The number of ether oxygens (including phenoxy) is 1. The van der Waals surface area contributed by atoms with Crippen molar-refractivity contribution in [2.45, 2.75) is 19.4 Å². The lowest BCUT2D eigenvalue weighted by Gasteiger charge is -2.15. The van der Waals surface area contributed by atoms with Gasteiger partial charge in [0, 0.05) is 6.61 Å². The van der Waals surface area contributed by atoms with Gasteiger partial charge >= 0.3 is 5.97 Å². The van der Waals surface area contributed by atoms with Gasteiger partial charge in [-0.2, -0.15) is 0 Å². The van der Waals surface area contributed by atoms with Crippen LogP contribution in [0.4, 0.5) is 10.1 Å². The quantitative estimate of drug-likeness (QED) is 0.876. The Bertz CT molecular complexity index is 517. The molecule has 0 aliphatic carbocycles. The summed E-state index contributed by atoms with van der Waals surface area (Å²) in [6.45, 7) is 2.37. The molecule has 1 amide bonds. The molecule has 1 heterocycles. The van der Waals surface area contributed by atoms with Crippen molar-refractivity contribution in [2.24, 2.45) is 5.92 Å². The molecule has 1 aliphatic heterocycles. The topological polar surface area (TPSA) is 75.6 Å². The average molecular weight is 267 g/mol. The lowest BCUT2D eigenvalue weighted by Crippen LogP contribution is -2.31. The van der Waals surface area contributed by atoms with Crippen LogP contribution in [0.2, 0.25) is 0 Å². The number of amides is 1. The third-order valence-corrected chi connectivity index (χ3v) is 3.12. The minimum absolute atomic E-state index is 0.0554. The van der Waals surface area contributed by atoms with Crippen molar-refractivity contribution in [1.29, 1.82) is 0 Å². The molecule has 0 aromatic heterocycles. The number of hydrogen-bond acceptors (Lipinski definition) is 3. The molecule has 2 N–H and O–H groups in total. The van der Waals surface area contributed by atoms with Gasteiger partial charge in [-0.05, 0) is 30.5 Å². The highest BCUT2D eigenvalue weighted by Crippen LogP contribution is 2.23. The first kappa shape index (κ1) is 13.5. The molecule has 0 saturated carbocycles. The van der Waals surface area contributed by atoms with Gasteiger partial charge in [-0.3, -0.25) is 4.79 Å². The molecule has 6 heteroatoms. The predicted molar refractivity (Wildman–Crippen MR) is 65.5 cm³/mol. The molecule has 0 bridgehead atoms. The maximum absolute atomic E-state index is 13.1. The van der Waals surface area contributed by atoms with Crippen molar-refractivity contribution in [2.75, 3.05) is 11.9 Å². The van der Waals surface area contributed by atoms with Crippen LogP contribution in [0.3, 0.4) is 0 Å². The molecule has 2 unspecified atom stereocenters. The van der Waals surface area contributed by atoms with Gasteiger partial charge in [0.15, 0.2) is 0 Å². The molecule has 5 nitrogen and oxygen atoms in total. The summed E-state index contributed by atoms with van der Waals surface area (Å²) in [7, 11) is 0. The number of anilines is 1. The number of benzene rings is 1. The van der Waals surface area contributed by atoms with Crippen LogP contribution in [0.1, 0.15) is 23.7 Å². The van der Waals surface area contributed by atoms with E-state index in [0.717, 1.165) is 24.6 Å². The minimum Gasteiger partial charge on any atom is -0.478 e. The fourth-order valence-corrected chi connectivity index (χ4v) is 2.04. The summed E-state index contributed by atoms with van der Waals surface area (Å²) in [6, 6.07) is 3.14. The number of carboxylic acid groups (broad SMARTS) is 1. The highest BCUT2D eigenvalue weighted by atomic mass is 19.1. The van der Waals surface area contributed by atoms with Crippen LogP contribution in [0.5, 0.6) is 0 Å². The van der Waals surface area contributed by atoms with Gasteiger partial charge in [-0.25, -0.2) is 9.18 Å². The van der Waals surface area contributed by atoms with Crippen molar-refractivity contribution < 1.29 is 23.8 Å². The standard InChI is InChI=1S/C13H14FNO4/c1-7-4-5-19-11(7)12(16)15-10-6-8(14)2-3-9(10)13(17)18/h2-3,6-7,11H,4-5H2,1H3,(H,15,16)(H,17,18). The molecule has 102 valence electrons. The first-order valence-electron chi connectivity index (χ1n) is 5.94. The predicted octanol–water partition coefficient (Wildman–Crippen LogP) is 1.89. The SMILES string of the molecule is CC1CCOC1C(=O)Nc1cc(F)ccc1C(=O)O. The van der Waals surface area contributed by atoms with Crippen LogP contribution in [0.25, 0.3) is 0 Å². The Morgan fingerprint density at radius 1 is 1.47 bits per heavy atom. The molecule has 1 fully saturated rings. The molecule has 0 spiro atoms. The van der Waals surface area contributed by atoms with Crippen molar-refractivity contribution in [1.82, 2.24) is 0 Å². The number of nitrogens with one attached hydrogen (secondary N) is 1. The molecular formula is C13H14FNO4. The summed E-state index contributed by atoms with van der Waals surface area (Å²) >= 11 is 0. The molecule has 1 aromatic rings. The molecule has 19 heavy (non-hydrogen) atoms. The lowest BCUT2D eigenvalue weighted by atomic mass is 10.0. The second-order valence-electron chi connectivity index (χ2n) is 4.54. The Morgan fingerprint density at radius 3 is 2.79 bits per heavy atom. The second-order valence-corrected chi connectivity index (χ2v) is 4.54.